The van der Waals surface area contributed by atoms with E-state index < -0.39 is 0 Å². The molecule has 1 amide bonds. The van der Waals surface area contributed by atoms with Gasteiger partial charge in [-0.1, -0.05) is 24.3 Å². The van der Waals surface area contributed by atoms with Crippen molar-refractivity contribution < 1.29 is 13.9 Å². The molecule has 3 rings (SSSR count). The number of anilines is 2. The monoisotopic (exact) mass is 366 g/mol. The normalized spacial score (nSPS) is 10.3. The summed E-state index contributed by atoms with van der Waals surface area (Å²) in [7, 11) is 0. The largest absolute Gasteiger partial charge is 0.492 e. The maximum atomic E-state index is 12.9. The van der Waals surface area contributed by atoms with Crippen LogP contribution >= 0.6 is 0 Å². The third-order valence-corrected chi connectivity index (χ3v) is 3.71. The molecule has 2 aromatic carbocycles. The van der Waals surface area contributed by atoms with Crippen LogP contribution in [-0.4, -0.2) is 22.5 Å². The third-order valence-electron chi connectivity index (χ3n) is 3.71. The minimum absolute atomic E-state index is 0.293. The minimum Gasteiger partial charge on any atom is -0.492 e. The molecular formula is C20H19FN4O2. The second-order valence-electron chi connectivity index (χ2n) is 5.66. The van der Waals surface area contributed by atoms with Crippen LogP contribution in [0.4, 0.5) is 16.0 Å². The SMILES string of the molecule is CCOc1ccccc1Nc1ncc(C(=O)NCc2ccc(F)cc2)cn1. The van der Waals surface area contributed by atoms with Crippen molar-refractivity contribution in [3.63, 3.8) is 0 Å². The molecule has 1 aromatic heterocycles. The Morgan fingerprint density at radius 2 is 1.78 bits per heavy atom. The lowest BCUT2D eigenvalue weighted by Crippen LogP contribution is -2.23. The molecule has 1 heterocycles. The third kappa shape index (κ3) is 5.01. The molecule has 0 fully saturated rings. The summed E-state index contributed by atoms with van der Waals surface area (Å²) in [4.78, 5) is 20.5. The molecule has 3 aromatic rings. The number of rotatable bonds is 7. The number of nitrogens with zero attached hydrogens (tertiary/aromatic N) is 2. The second-order valence-corrected chi connectivity index (χ2v) is 5.66. The number of ether oxygens (including phenoxy) is 1. The zero-order valence-electron chi connectivity index (χ0n) is 14.8. The summed E-state index contributed by atoms with van der Waals surface area (Å²) in [6, 6.07) is 13.4. The van der Waals surface area contributed by atoms with E-state index in [4.69, 9.17) is 4.74 Å². The lowest BCUT2D eigenvalue weighted by atomic mass is 10.2. The lowest BCUT2D eigenvalue weighted by Gasteiger charge is -2.11. The van der Waals surface area contributed by atoms with E-state index in [1.807, 2.05) is 31.2 Å². The highest BCUT2D eigenvalue weighted by molar-refractivity contribution is 5.93. The van der Waals surface area contributed by atoms with Crippen molar-refractivity contribution in [1.29, 1.82) is 0 Å². The first kappa shape index (κ1) is 18.3. The Morgan fingerprint density at radius 3 is 2.48 bits per heavy atom. The van der Waals surface area contributed by atoms with E-state index in [2.05, 4.69) is 20.6 Å². The van der Waals surface area contributed by atoms with E-state index in [1.165, 1.54) is 24.5 Å². The van der Waals surface area contributed by atoms with E-state index in [1.54, 1.807) is 12.1 Å². The number of carbonyl (C=O) groups is 1. The molecule has 2 N–H and O–H groups in total. The first-order valence-electron chi connectivity index (χ1n) is 8.49. The number of nitrogens with one attached hydrogen (secondary N) is 2. The van der Waals surface area contributed by atoms with Crippen LogP contribution in [0.2, 0.25) is 0 Å². The Balaban J connectivity index is 1.61. The fourth-order valence-corrected chi connectivity index (χ4v) is 2.37. The zero-order chi connectivity index (χ0) is 19.1. The van der Waals surface area contributed by atoms with E-state index in [0.29, 0.717) is 30.4 Å². The number of para-hydroxylation sites is 2. The molecule has 0 aliphatic rings. The van der Waals surface area contributed by atoms with Gasteiger partial charge in [0.2, 0.25) is 5.95 Å². The fraction of sp³-hybridized carbons (Fsp3) is 0.150. The Morgan fingerprint density at radius 1 is 1.07 bits per heavy atom. The molecular weight excluding hydrogens is 347 g/mol. The average Bonchev–Trinajstić information content (AvgIpc) is 2.69. The summed E-state index contributed by atoms with van der Waals surface area (Å²) in [5.41, 5.74) is 1.88. The topological polar surface area (TPSA) is 76.1 Å². The summed E-state index contributed by atoms with van der Waals surface area (Å²) in [5, 5.41) is 5.82. The molecule has 0 saturated carbocycles. The van der Waals surface area contributed by atoms with Crippen LogP contribution in [0.5, 0.6) is 5.75 Å². The Kier molecular flexibility index (Phi) is 5.94. The van der Waals surface area contributed by atoms with E-state index >= 15 is 0 Å². The summed E-state index contributed by atoms with van der Waals surface area (Å²) < 4.78 is 18.4. The molecule has 0 bridgehead atoms. The molecule has 0 radical (unpaired) electrons. The quantitative estimate of drug-likeness (QED) is 0.667. The fourth-order valence-electron chi connectivity index (χ4n) is 2.37. The van der Waals surface area contributed by atoms with Crippen LogP contribution < -0.4 is 15.4 Å². The highest BCUT2D eigenvalue weighted by Gasteiger charge is 2.09. The van der Waals surface area contributed by atoms with Gasteiger partial charge in [0.05, 0.1) is 17.9 Å². The predicted molar refractivity (Wildman–Crippen MR) is 100 cm³/mol. The van der Waals surface area contributed by atoms with Gasteiger partial charge in [-0.05, 0) is 36.8 Å². The van der Waals surface area contributed by atoms with Gasteiger partial charge in [-0.15, -0.1) is 0 Å². The van der Waals surface area contributed by atoms with Crippen molar-refractivity contribution in [3.8, 4) is 5.75 Å². The van der Waals surface area contributed by atoms with Crippen molar-refractivity contribution in [3.05, 3.63) is 77.9 Å². The first-order chi connectivity index (χ1) is 13.2. The number of benzene rings is 2. The Hall–Kier alpha value is -3.48. The molecule has 0 aliphatic heterocycles. The maximum Gasteiger partial charge on any atom is 0.254 e. The highest BCUT2D eigenvalue weighted by atomic mass is 19.1. The summed E-state index contributed by atoms with van der Waals surface area (Å²) in [5.74, 6) is 0.440. The molecule has 0 spiro atoms. The molecule has 138 valence electrons. The van der Waals surface area contributed by atoms with Gasteiger partial charge in [-0.3, -0.25) is 4.79 Å². The van der Waals surface area contributed by atoms with Gasteiger partial charge in [-0.2, -0.15) is 0 Å². The number of hydrogen-bond donors (Lipinski definition) is 2. The molecule has 0 aliphatic carbocycles. The van der Waals surface area contributed by atoms with Crippen molar-refractivity contribution in [2.75, 3.05) is 11.9 Å². The molecule has 27 heavy (non-hydrogen) atoms. The Labute approximate surface area is 156 Å². The first-order valence-corrected chi connectivity index (χ1v) is 8.49. The van der Waals surface area contributed by atoms with Crippen LogP contribution in [-0.2, 0) is 6.54 Å². The smallest absolute Gasteiger partial charge is 0.254 e. The van der Waals surface area contributed by atoms with Crippen molar-refractivity contribution in [1.82, 2.24) is 15.3 Å². The van der Waals surface area contributed by atoms with Gasteiger partial charge < -0.3 is 15.4 Å². The summed E-state index contributed by atoms with van der Waals surface area (Å²) >= 11 is 0. The van der Waals surface area contributed by atoms with Crippen LogP contribution in [0.15, 0.2) is 60.9 Å². The van der Waals surface area contributed by atoms with Crippen molar-refractivity contribution in [2.24, 2.45) is 0 Å². The summed E-state index contributed by atoms with van der Waals surface area (Å²) in [6.07, 6.45) is 2.89. The number of halogens is 1. The minimum atomic E-state index is -0.313. The van der Waals surface area contributed by atoms with Gasteiger partial charge in [0.1, 0.15) is 11.6 Å². The number of amides is 1. The van der Waals surface area contributed by atoms with E-state index in [-0.39, 0.29) is 11.7 Å². The predicted octanol–water partition coefficient (Wildman–Crippen LogP) is 3.69. The highest BCUT2D eigenvalue weighted by Crippen LogP contribution is 2.25. The summed E-state index contributed by atoms with van der Waals surface area (Å²) in [6.45, 7) is 2.75. The van der Waals surface area contributed by atoms with Crippen molar-refractivity contribution in [2.45, 2.75) is 13.5 Å². The molecule has 6 nitrogen and oxygen atoms in total. The van der Waals surface area contributed by atoms with Crippen LogP contribution in [0, 0.1) is 5.82 Å². The second kappa shape index (κ2) is 8.75. The lowest BCUT2D eigenvalue weighted by molar-refractivity contribution is 0.0950. The van der Waals surface area contributed by atoms with E-state index in [0.717, 1.165) is 11.3 Å². The molecule has 0 saturated heterocycles. The average molecular weight is 366 g/mol. The van der Waals surface area contributed by atoms with Crippen LogP contribution in [0.3, 0.4) is 0 Å². The molecule has 7 heteroatoms. The van der Waals surface area contributed by atoms with Gasteiger partial charge in [0, 0.05) is 18.9 Å². The van der Waals surface area contributed by atoms with Gasteiger partial charge in [-0.25, -0.2) is 14.4 Å². The van der Waals surface area contributed by atoms with Crippen LogP contribution in [0.25, 0.3) is 0 Å². The van der Waals surface area contributed by atoms with Gasteiger partial charge in [0.15, 0.2) is 0 Å². The van der Waals surface area contributed by atoms with Gasteiger partial charge in [0.25, 0.3) is 5.91 Å². The number of carbonyl (C=O) groups excluding carboxylic acids is 1. The number of hydrogen-bond acceptors (Lipinski definition) is 5. The molecule has 0 atom stereocenters. The van der Waals surface area contributed by atoms with Crippen molar-refractivity contribution >= 4 is 17.5 Å². The zero-order valence-corrected chi connectivity index (χ0v) is 14.8. The van der Waals surface area contributed by atoms with Crippen LogP contribution in [0.1, 0.15) is 22.8 Å². The number of aromatic nitrogens is 2. The molecule has 0 unspecified atom stereocenters. The Bertz CT molecular complexity index is 899. The van der Waals surface area contributed by atoms with Gasteiger partial charge >= 0.3 is 0 Å². The van der Waals surface area contributed by atoms with E-state index in [9.17, 15) is 9.18 Å². The maximum absolute atomic E-state index is 12.9. The standard InChI is InChI=1S/C20H19FN4O2/c1-2-27-18-6-4-3-5-17(18)25-20-23-12-15(13-24-20)19(26)22-11-14-7-9-16(21)10-8-14/h3-10,12-13H,2,11H2,1H3,(H,22,26)(H,23,24,25).